The van der Waals surface area contributed by atoms with Crippen LogP contribution in [0.15, 0.2) is 47.5 Å². The molecule has 10 heteroatoms. The fraction of sp³-hybridized carbons (Fsp3) is 0.125. The lowest BCUT2D eigenvalue weighted by Crippen LogP contribution is -2.28. The summed E-state index contributed by atoms with van der Waals surface area (Å²) >= 11 is 0. The van der Waals surface area contributed by atoms with Gasteiger partial charge >= 0.3 is 6.18 Å². The first kappa shape index (κ1) is 17.2. The predicted octanol–water partition coefficient (Wildman–Crippen LogP) is 2.03. The molecule has 3 aromatic rings. The molecule has 0 radical (unpaired) electrons. The van der Waals surface area contributed by atoms with Gasteiger partial charge in [0.2, 0.25) is 5.91 Å². The quantitative estimate of drug-likeness (QED) is 0.773. The number of carbonyl (C=O) groups excluding carboxylic acids is 1. The third-order valence-corrected chi connectivity index (χ3v) is 3.51. The molecule has 1 amide bonds. The molecule has 0 atom stereocenters. The molecule has 2 heterocycles. The molecule has 0 spiro atoms. The van der Waals surface area contributed by atoms with Crippen LogP contribution in [0.5, 0.6) is 0 Å². The van der Waals surface area contributed by atoms with Crippen LogP contribution in [0.4, 0.5) is 18.9 Å². The van der Waals surface area contributed by atoms with Gasteiger partial charge in [-0.05, 0) is 24.3 Å². The van der Waals surface area contributed by atoms with Gasteiger partial charge < -0.3 is 9.88 Å². The Hall–Kier alpha value is -3.61. The number of nitrogens with one attached hydrogen (secondary N) is 1. The normalized spacial score (nSPS) is 11.3. The lowest BCUT2D eigenvalue weighted by molar-refractivity contribution is -0.141. The molecular formula is C16H10F3N5O2. The van der Waals surface area contributed by atoms with E-state index in [0.717, 1.165) is 9.08 Å². The molecule has 26 heavy (non-hydrogen) atoms. The van der Waals surface area contributed by atoms with Crippen LogP contribution in [0, 0.1) is 11.3 Å². The number of nitriles is 1. The highest BCUT2D eigenvalue weighted by atomic mass is 19.4. The molecule has 1 aromatic carbocycles. The van der Waals surface area contributed by atoms with Gasteiger partial charge in [0.1, 0.15) is 12.1 Å². The first-order chi connectivity index (χ1) is 12.3. The van der Waals surface area contributed by atoms with Crippen LogP contribution in [0.25, 0.3) is 5.52 Å². The summed E-state index contributed by atoms with van der Waals surface area (Å²) < 4.78 is 39.9. The number of carbonyl (C=O) groups is 1. The second-order valence-corrected chi connectivity index (χ2v) is 5.33. The zero-order chi connectivity index (χ0) is 18.9. The molecule has 0 bridgehead atoms. The third kappa shape index (κ3) is 3.41. The molecule has 0 fully saturated rings. The Labute approximate surface area is 143 Å². The zero-order valence-corrected chi connectivity index (χ0v) is 13.0. The number of hydrogen-bond acceptors (Lipinski definition) is 4. The van der Waals surface area contributed by atoms with E-state index in [1.165, 1.54) is 36.7 Å². The van der Waals surface area contributed by atoms with E-state index in [0.29, 0.717) is 17.3 Å². The molecule has 3 rings (SSSR count). The van der Waals surface area contributed by atoms with Crippen molar-refractivity contribution in [2.24, 2.45) is 0 Å². The largest absolute Gasteiger partial charge is 0.435 e. The van der Waals surface area contributed by atoms with Crippen LogP contribution in [0.1, 0.15) is 11.3 Å². The van der Waals surface area contributed by atoms with Gasteiger partial charge in [0.15, 0.2) is 5.69 Å². The molecule has 7 nitrogen and oxygen atoms in total. The van der Waals surface area contributed by atoms with Crippen LogP contribution in [-0.2, 0) is 17.5 Å². The number of rotatable bonds is 3. The highest BCUT2D eigenvalue weighted by Gasteiger charge is 2.34. The van der Waals surface area contributed by atoms with Gasteiger partial charge in [0.25, 0.3) is 5.56 Å². The molecule has 0 unspecified atom stereocenters. The minimum Gasteiger partial charge on any atom is -0.325 e. The maximum atomic E-state index is 12.7. The average molecular weight is 361 g/mol. The highest BCUT2D eigenvalue weighted by Crippen LogP contribution is 2.28. The van der Waals surface area contributed by atoms with Crippen molar-refractivity contribution in [3.63, 3.8) is 0 Å². The second-order valence-electron chi connectivity index (χ2n) is 5.33. The monoisotopic (exact) mass is 361 g/mol. The van der Waals surface area contributed by atoms with Gasteiger partial charge in [-0.1, -0.05) is 0 Å². The molecule has 0 saturated heterocycles. The molecule has 1 N–H and O–H groups in total. The summed E-state index contributed by atoms with van der Waals surface area (Å²) in [5, 5.41) is 14.6. The van der Waals surface area contributed by atoms with Gasteiger partial charge in [0, 0.05) is 24.1 Å². The lowest BCUT2D eigenvalue weighted by atomic mass is 10.2. The van der Waals surface area contributed by atoms with E-state index in [2.05, 4.69) is 10.4 Å². The molecule has 132 valence electrons. The predicted molar refractivity (Wildman–Crippen MR) is 84.2 cm³/mol. The van der Waals surface area contributed by atoms with Crippen molar-refractivity contribution in [1.82, 2.24) is 14.2 Å². The number of hydrogen-bond donors (Lipinski definition) is 1. The van der Waals surface area contributed by atoms with Crippen molar-refractivity contribution >= 4 is 17.1 Å². The fourth-order valence-electron chi connectivity index (χ4n) is 2.27. The molecule has 0 aliphatic carbocycles. The Bertz CT molecular complexity index is 1070. The van der Waals surface area contributed by atoms with Gasteiger partial charge in [-0.3, -0.25) is 9.59 Å². The zero-order valence-electron chi connectivity index (χ0n) is 13.0. The molecular weight excluding hydrogens is 351 g/mol. The van der Waals surface area contributed by atoms with E-state index in [9.17, 15) is 22.8 Å². The minimum atomic E-state index is -4.67. The second kappa shape index (κ2) is 6.36. The summed E-state index contributed by atoms with van der Waals surface area (Å²) in [6.07, 6.45) is -2.32. The van der Waals surface area contributed by atoms with E-state index < -0.39 is 23.3 Å². The van der Waals surface area contributed by atoms with E-state index in [1.807, 2.05) is 6.07 Å². The smallest absolute Gasteiger partial charge is 0.325 e. The minimum absolute atomic E-state index is 0.286. The number of benzene rings is 1. The van der Waals surface area contributed by atoms with E-state index in [1.54, 1.807) is 0 Å². The summed E-state index contributed by atoms with van der Waals surface area (Å²) in [6, 6.07) is 8.65. The van der Waals surface area contributed by atoms with E-state index in [4.69, 9.17) is 5.26 Å². The van der Waals surface area contributed by atoms with Crippen LogP contribution < -0.4 is 10.9 Å². The number of amides is 1. The number of fused-ring (bicyclic) bond motifs is 1. The molecule has 0 saturated carbocycles. The Morgan fingerprint density at radius 2 is 1.92 bits per heavy atom. The maximum absolute atomic E-state index is 12.7. The van der Waals surface area contributed by atoms with E-state index in [-0.39, 0.29) is 12.1 Å². The number of alkyl halides is 3. The number of aromatic nitrogens is 3. The maximum Gasteiger partial charge on any atom is 0.435 e. The van der Waals surface area contributed by atoms with Crippen molar-refractivity contribution in [2.45, 2.75) is 12.7 Å². The Morgan fingerprint density at radius 3 is 2.54 bits per heavy atom. The number of halogens is 3. The summed E-state index contributed by atoms with van der Waals surface area (Å²) in [5.74, 6) is -0.545. The fourth-order valence-corrected chi connectivity index (χ4v) is 2.27. The van der Waals surface area contributed by atoms with Crippen LogP contribution >= 0.6 is 0 Å². The molecule has 0 aliphatic rings. The van der Waals surface area contributed by atoms with Crippen molar-refractivity contribution in [3.05, 3.63) is 64.3 Å². The summed E-state index contributed by atoms with van der Waals surface area (Å²) in [5.41, 5.74) is -1.40. The van der Waals surface area contributed by atoms with Crippen LogP contribution in [-0.4, -0.2) is 20.1 Å². The first-order valence-electron chi connectivity index (χ1n) is 7.24. The van der Waals surface area contributed by atoms with Gasteiger partial charge in [-0.15, -0.1) is 0 Å². The standard InChI is InChI=1S/C16H10F3N5O2/c17-16(18,19)13-7-12-15(26)23(5-6-24(12)22-13)9-14(25)21-11-3-1-10(8-20)2-4-11/h1-7H,9H2,(H,21,25). The Morgan fingerprint density at radius 1 is 1.23 bits per heavy atom. The Kier molecular flexibility index (Phi) is 4.21. The van der Waals surface area contributed by atoms with Crippen molar-refractivity contribution in [1.29, 1.82) is 5.26 Å². The van der Waals surface area contributed by atoms with Crippen LogP contribution in [0.2, 0.25) is 0 Å². The van der Waals surface area contributed by atoms with Crippen molar-refractivity contribution in [2.75, 3.05) is 5.32 Å². The molecule has 0 aliphatic heterocycles. The highest BCUT2D eigenvalue weighted by molar-refractivity contribution is 5.90. The molecule has 2 aromatic heterocycles. The number of nitrogens with zero attached hydrogens (tertiary/aromatic N) is 4. The summed E-state index contributed by atoms with van der Waals surface area (Å²) in [4.78, 5) is 24.3. The van der Waals surface area contributed by atoms with Crippen molar-refractivity contribution in [3.8, 4) is 6.07 Å². The Balaban J connectivity index is 1.81. The van der Waals surface area contributed by atoms with Crippen molar-refractivity contribution < 1.29 is 18.0 Å². The first-order valence-corrected chi connectivity index (χ1v) is 7.24. The summed E-state index contributed by atoms with van der Waals surface area (Å²) in [7, 11) is 0. The summed E-state index contributed by atoms with van der Waals surface area (Å²) in [6.45, 7) is -0.387. The number of anilines is 1. The van der Waals surface area contributed by atoms with Crippen LogP contribution in [0.3, 0.4) is 0 Å². The van der Waals surface area contributed by atoms with Gasteiger partial charge in [-0.2, -0.15) is 23.5 Å². The third-order valence-electron chi connectivity index (χ3n) is 3.51. The van der Waals surface area contributed by atoms with Gasteiger partial charge in [-0.25, -0.2) is 4.52 Å². The van der Waals surface area contributed by atoms with E-state index >= 15 is 0 Å². The van der Waals surface area contributed by atoms with Gasteiger partial charge in [0.05, 0.1) is 11.6 Å². The lowest BCUT2D eigenvalue weighted by Gasteiger charge is -2.07. The SMILES string of the molecule is N#Cc1ccc(NC(=O)Cn2ccn3nc(C(F)(F)F)cc3c2=O)cc1. The average Bonchev–Trinajstić information content (AvgIpc) is 3.03. The topological polar surface area (TPSA) is 92.2 Å².